The van der Waals surface area contributed by atoms with Crippen LogP contribution < -0.4 is 14.8 Å². The highest BCUT2D eigenvalue weighted by atomic mass is 16.7. The van der Waals surface area contributed by atoms with Gasteiger partial charge in [0.25, 0.3) is 0 Å². The van der Waals surface area contributed by atoms with E-state index in [4.69, 9.17) is 14.2 Å². The number of unbranched alkanes of at least 4 members (excludes halogenated alkanes) is 4. The summed E-state index contributed by atoms with van der Waals surface area (Å²) < 4.78 is 16.6. The Morgan fingerprint density at radius 2 is 1.95 bits per heavy atom. The fourth-order valence-electron chi connectivity index (χ4n) is 2.48. The highest BCUT2D eigenvalue weighted by Gasteiger charge is 2.17. The fraction of sp³-hybridized carbons (Fsp3) is 0.647. The lowest BCUT2D eigenvalue weighted by atomic mass is 10.1. The Hall–Kier alpha value is -1.26. The summed E-state index contributed by atoms with van der Waals surface area (Å²) in [5.74, 6) is 1.65. The Kier molecular flexibility index (Phi) is 6.83. The van der Waals surface area contributed by atoms with Crippen LogP contribution in [0.15, 0.2) is 18.2 Å². The minimum atomic E-state index is 0.190. The summed E-state index contributed by atoms with van der Waals surface area (Å²) in [6, 6.07) is 6.26. The molecular weight excluding hydrogens is 266 g/mol. The highest BCUT2D eigenvalue weighted by molar-refractivity contribution is 5.45. The fourth-order valence-corrected chi connectivity index (χ4v) is 2.48. The van der Waals surface area contributed by atoms with Crippen molar-refractivity contribution in [2.45, 2.75) is 45.1 Å². The van der Waals surface area contributed by atoms with Gasteiger partial charge in [-0.15, -0.1) is 0 Å². The summed E-state index contributed by atoms with van der Waals surface area (Å²) >= 11 is 0. The van der Waals surface area contributed by atoms with Crippen molar-refractivity contribution >= 4 is 0 Å². The van der Waals surface area contributed by atoms with Crippen LogP contribution in [-0.4, -0.2) is 27.1 Å². The van der Waals surface area contributed by atoms with Crippen LogP contribution >= 0.6 is 0 Å². The van der Waals surface area contributed by atoms with E-state index >= 15 is 0 Å². The van der Waals surface area contributed by atoms with E-state index in [2.05, 4.69) is 18.3 Å². The summed E-state index contributed by atoms with van der Waals surface area (Å²) in [6.45, 7) is 4.08. The Bertz CT molecular complexity index is 422. The van der Waals surface area contributed by atoms with Gasteiger partial charge in [0, 0.05) is 6.61 Å². The normalized spacial score (nSPS) is 14.4. The molecule has 0 fully saturated rings. The number of ether oxygens (including phenoxy) is 3. The summed E-state index contributed by atoms with van der Waals surface area (Å²) in [4.78, 5) is 0. The van der Waals surface area contributed by atoms with E-state index in [1.807, 2.05) is 19.2 Å². The van der Waals surface area contributed by atoms with Crippen LogP contribution in [0.4, 0.5) is 0 Å². The molecule has 1 aromatic carbocycles. The Morgan fingerprint density at radius 3 is 2.76 bits per heavy atom. The third-order valence-corrected chi connectivity index (χ3v) is 3.82. The predicted octanol–water partition coefficient (Wildman–Crippen LogP) is 3.66. The van der Waals surface area contributed by atoms with E-state index in [0.29, 0.717) is 13.4 Å². The van der Waals surface area contributed by atoms with Gasteiger partial charge in [0.1, 0.15) is 0 Å². The molecule has 0 amide bonds. The third kappa shape index (κ3) is 4.90. The van der Waals surface area contributed by atoms with Gasteiger partial charge in [-0.1, -0.05) is 38.7 Å². The van der Waals surface area contributed by atoms with Crippen molar-refractivity contribution in [3.05, 3.63) is 23.8 Å². The van der Waals surface area contributed by atoms with Crippen molar-refractivity contribution in [3.63, 3.8) is 0 Å². The largest absolute Gasteiger partial charge is 0.454 e. The van der Waals surface area contributed by atoms with Crippen LogP contribution in [-0.2, 0) is 4.74 Å². The predicted molar refractivity (Wildman–Crippen MR) is 83.9 cm³/mol. The van der Waals surface area contributed by atoms with Crippen LogP contribution in [0.1, 0.15) is 50.6 Å². The molecule has 0 aromatic heterocycles. The van der Waals surface area contributed by atoms with E-state index in [1.54, 1.807) is 0 Å². The average molecular weight is 293 g/mol. The third-order valence-electron chi connectivity index (χ3n) is 3.82. The summed E-state index contributed by atoms with van der Waals surface area (Å²) in [5, 5.41) is 3.30. The zero-order valence-electron chi connectivity index (χ0n) is 13.2. The molecule has 0 saturated carbocycles. The molecule has 4 heteroatoms. The highest BCUT2D eigenvalue weighted by Crippen LogP contribution is 2.34. The molecule has 0 spiro atoms. The van der Waals surface area contributed by atoms with Gasteiger partial charge in [-0.2, -0.15) is 0 Å². The molecule has 1 aliphatic heterocycles. The lowest BCUT2D eigenvalue weighted by molar-refractivity contribution is 0.110. The first kappa shape index (κ1) is 16.1. The molecule has 1 unspecified atom stereocenters. The van der Waals surface area contributed by atoms with Crippen molar-refractivity contribution in [1.82, 2.24) is 5.32 Å². The standard InChI is InChI=1S/C17H27NO3/c1-3-4-5-6-7-10-19-12-15(18-2)14-8-9-16-17(11-14)21-13-20-16/h8-9,11,15,18H,3-7,10,12-13H2,1-2H3. The van der Waals surface area contributed by atoms with Gasteiger partial charge in [0.05, 0.1) is 12.6 Å². The number of hydrogen-bond donors (Lipinski definition) is 1. The molecule has 1 heterocycles. The average Bonchev–Trinajstić information content (AvgIpc) is 2.97. The molecule has 118 valence electrons. The minimum absolute atomic E-state index is 0.190. The number of likely N-dealkylation sites (N-methyl/N-ethyl adjacent to an activating group) is 1. The number of fused-ring (bicyclic) bond motifs is 1. The lowest BCUT2D eigenvalue weighted by Gasteiger charge is -2.17. The molecule has 0 saturated heterocycles. The first-order valence-electron chi connectivity index (χ1n) is 7.99. The summed E-state index contributed by atoms with van der Waals surface area (Å²) in [6.07, 6.45) is 6.35. The van der Waals surface area contributed by atoms with Crippen molar-refractivity contribution in [1.29, 1.82) is 0 Å². The smallest absolute Gasteiger partial charge is 0.231 e. The Labute approximate surface area is 127 Å². The van der Waals surface area contributed by atoms with E-state index in [9.17, 15) is 0 Å². The van der Waals surface area contributed by atoms with E-state index in [0.717, 1.165) is 24.5 Å². The van der Waals surface area contributed by atoms with Gasteiger partial charge in [0.2, 0.25) is 6.79 Å². The maximum atomic E-state index is 5.81. The Balaban J connectivity index is 1.73. The van der Waals surface area contributed by atoms with Gasteiger partial charge in [-0.05, 0) is 31.2 Å². The molecule has 0 aliphatic carbocycles. The van der Waals surface area contributed by atoms with Gasteiger partial charge in [0.15, 0.2) is 11.5 Å². The van der Waals surface area contributed by atoms with Crippen LogP contribution in [0.2, 0.25) is 0 Å². The SMILES string of the molecule is CCCCCCCOCC(NC)c1ccc2c(c1)OCO2. The van der Waals surface area contributed by atoms with E-state index < -0.39 is 0 Å². The van der Waals surface area contributed by atoms with Gasteiger partial charge < -0.3 is 19.5 Å². The molecule has 21 heavy (non-hydrogen) atoms. The number of rotatable bonds is 10. The molecule has 1 atom stereocenters. The topological polar surface area (TPSA) is 39.7 Å². The Morgan fingerprint density at radius 1 is 1.14 bits per heavy atom. The summed E-state index contributed by atoms with van der Waals surface area (Å²) in [5.41, 5.74) is 1.17. The molecular formula is C17H27NO3. The van der Waals surface area contributed by atoms with Crippen LogP contribution in [0.3, 0.4) is 0 Å². The molecule has 0 bridgehead atoms. The first-order chi connectivity index (χ1) is 10.3. The molecule has 1 aliphatic rings. The van der Waals surface area contributed by atoms with Crippen molar-refractivity contribution in [3.8, 4) is 11.5 Å². The quantitative estimate of drug-likeness (QED) is 0.668. The number of hydrogen-bond acceptors (Lipinski definition) is 4. The monoisotopic (exact) mass is 293 g/mol. The van der Waals surface area contributed by atoms with Gasteiger partial charge in [-0.25, -0.2) is 0 Å². The van der Waals surface area contributed by atoms with E-state index in [1.165, 1.54) is 31.2 Å². The van der Waals surface area contributed by atoms with Gasteiger partial charge >= 0.3 is 0 Å². The molecule has 1 N–H and O–H groups in total. The van der Waals surface area contributed by atoms with Crippen LogP contribution in [0.25, 0.3) is 0 Å². The molecule has 2 rings (SSSR count). The zero-order chi connectivity index (χ0) is 14.9. The second-order valence-electron chi connectivity index (χ2n) is 5.44. The van der Waals surface area contributed by atoms with E-state index in [-0.39, 0.29) is 6.04 Å². The second kappa shape index (κ2) is 8.90. The van der Waals surface area contributed by atoms with Crippen molar-refractivity contribution in [2.75, 3.05) is 27.1 Å². The maximum absolute atomic E-state index is 5.81. The molecule has 0 radical (unpaired) electrons. The number of nitrogens with one attached hydrogen (secondary N) is 1. The van der Waals surface area contributed by atoms with Crippen LogP contribution in [0.5, 0.6) is 11.5 Å². The molecule has 1 aromatic rings. The van der Waals surface area contributed by atoms with Crippen molar-refractivity contribution in [2.24, 2.45) is 0 Å². The van der Waals surface area contributed by atoms with Gasteiger partial charge in [-0.3, -0.25) is 0 Å². The van der Waals surface area contributed by atoms with Crippen molar-refractivity contribution < 1.29 is 14.2 Å². The lowest BCUT2D eigenvalue weighted by Crippen LogP contribution is -2.22. The minimum Gasteiger partial charge on any atom is -0.454 e. The molecule has 4 nitrogen and oxygen atoms in total. The van der Waals surface area contributed by atoms with Crippen LogP contribution in [0, 0.1) is 0 Å². The first-order valence-corrected chi connectivity index (χ1v) is 7.99. The zero-order valence-corrected chi connectivity index (χ0v) is 13.2. The summed E-state index contributed by atoms with van der Waals surface area (Å²) in [7, 11) is 1.96. The number of benzene rings is 1. The second-order valence-corrected chi connectivity index (χ2v) is 5.44. The maximum Gasteiger partial charge on any atom is 0.231 e.